The van der Waals surface area contributed by atoms with Gasteiger partial charge in [-0.25, -0.2) is 0 Å². The Hall–Kier alpha value is -11.5. The minimum atomic E-state index is -0.153. The van der Waals surface area contributed by atoms with Crippen LogP contribution in [0.4, 0.5) is 0 Å². The summed E-state index contributed by atoms with van der Waals surface area (Å²) < 4.78 is 15.2. The standard InChI is InChI=1S/C89H61BN4S2/c1-8-55-33-39-76-69(44-55)65-36-37-66-70-45-56(9-2)35-41-78(70)94(80-29-19-27-68-64-25-13-15-31-84(64)96-89(68)80)87(66)86(65)92(76)62-23-17-21-60(49-62)90(85-53(6)42-52(5)43-54(85)7)59-20-16-22-61(48-59)91-75-38-32-57(10-3)46-71(75)73-51-82-74(50-81(73)91)72-47-58(11-4)34-40-77(72)93(82)79-28-18-26-67-63-24-12-14-30-83(63)95-88(67)79/h8-51H,1-4H2,5-7H3. The number of nitrogens with zero attached hydrogens (tertiary/aromatic N) is 4. The van der Waals surface area contributed by atoms with E-state index in [1.165, 1.54) is 128 Å². The molecule has 0 unspecified atom stereocenters. The zero-order valence-corrected chi connectivity index (χ0v) is 55.0. The first kappa shape index (κ1) is 56.1. The van der Waals surface area contributed by atoms with Gasteiger partial charge in [-0.05, 0) is 152 Å². The molecule has 0 fully saturated rings. The molecule has 0 radical (unpaired) electrons. The van der Waals surface area contributed by atoms with Crippen LogP contribution in [0, 0.1) is 20.8 Å². The van der Waals surface area contributed by atoms with Crippen molar-refractivity contribution in [3.05, 3.63) is 308 Å². The fourth-order valence-corrected chi connectivity index (χ4v) is 18.9. The molecule has 0 amide bonds. The van der Waals surface area contributed by atoms with E-state index in [0.717, 1.165) is 77.8 Å². The molecule has 0 aliphatic heterocycles. The first-order valence-corrected chi connectivity index (χ1v) is 34.5. The maximum absolute atomic E-state index is 4.28. The number of aromatic nitrogens is 4. The van der Waals surface area contributed by atoms with Gasteiger partial charge in [0.05, 0.1) is 64.9 Å². The summed E-state index contributed by atoms with van der Waals surface area (Å²) in [5, 5.41) is 14.6. The first-order valence-electron chi connectivity index (χ1n) is 32.9. The molecule has 7 heteroatoms. The predicted octanol–water partition coefficient (Wildman–Crippen LogP) is 22.8. The van der Waals surface area contributed by atoms with Crippen LogP contribution in [0.5, 0.6) is 0 Å². The molecule has 13 aromatic carbocycles. The van der Waals surface area contributed by atoms with Gasteiger partial charge >= 0.3 is 0 Å². The van der Waals surface area contributed by atoms with E-state index in [-0.39, 0.29) is 6.71 Å². The van der Waals surface area contributed by atoms with Crippen molar-refractivity contribution in [2.75, 3.05) is 0 Å². The molecule has 19 aromatic rings. The van der Waals surface area contributed by atoms with E-state index in [4.69, 9.17) is 0 Å². The summed E-state index contributed by atoms with van der Waals surface area (Å²) >= 11 is 3.74. The van der Waals surface area contributed by atoms with Crippen LogP contribution < -0.4 is 16.4 Å². The lowest BCUT2D eigenvalue weighted by Crippen LogP contribution is -2.54. The van der Waals surface area contributed by atoms with Crippen molar-refractivity contribution in [1.29, 1.82) is 0 Å². The Morgan fingerprint density at radius 3 is 1.19 bits per heavy atom. The highest BCUT2D eigenvalue weighted by molar-refractivity contribution is 7.26. The van der Waals surface area contributed by atoms with Crippen molar-refractivity contribution in [3.8, 4) is 22.7 Å². The van der Waals surface area contributed by atoms with E-state index in [1.54, 1.807) is 0 Å². The summed E-state index contributed by atoms with van der Waals surface area (Å²) in [6.45, 7) is 23.7. The van der Waals surface area contributed by atoms with E-state index in [0.29, 0.717) is 0 Å². The van der Waals surface area contributed by atoms with Crippen LogP contribution >= 0.6 is 22.7 Å². The Morgan fingerprint density at radius 1 is 0.302 bits per heavy atom. The van der Waals surface area contributed by atoms with Gasteiger partial charge in [0.1, 0.15) is 0 Å². The largest absolute Gasteiger partial charge is 0.309 e. The van der Waals surface area contributed by atoms with E-state index in [2.05, 4.69) is 308 Å². The van der Waals surface area contributed by atoms with Gasteiger partial charge in [-0.3, -0.25) is 0 Å². The van der Waals surface area contributed by atoms with Crippen LogP contribution in [0.3, 0.4) is 0 Å². The minimum absolute atomic E-state index is 0.153. The number of hydrogen-bond donors (Lipinski definition) is 0. The fraction of sp³-hybridized carbons (Fsp3) is 0.0337. The van der Waals surface area contributed by atoms with E-state index in [1.807, 2.05) is 47.0 Å². The zero-order valence-electron chi connectivity index (χ0n) is 53.4. The van der Waals surface area contributed by atoms with E-state index < -0.39 is 0 Å². The Bertz CT molecular complexity index is 6640. The maximum Gasteiger partial charge on any atom is 0.242 e. The molecule has 96 heavy (non-hydrogen) atoms. The summed E-state index contributed by atoms with van der Waals surface area (Å²) in [5.41, 5.74) is 25.5. The Labute approximate surface area is 563 Å². The van der Waals surface area contributed by atoms with Crippen molar-refractivity contribution in [1.82, 2.24) is 18.3 Å². The smallest absolute Gasteiger partial charge is 0.242 e. The molecule has 6 heterocycles. The highest BCUT2D eigenvalue weighted by Crippen LogP contribution is 2.47. The third kappa shape index (κ3) is 8.14. The molecule has 0 aliphatic carbocycles. The third-order valence-corrected chi connectivity index (χ3v) is 23.0. The molecule has 0 saturated carbocycles. The van der Waals surface area contributed by atoms with Gasteiger partial charge in [0.2, 0.25) is 6.71 Å². The number of benzene rings is 13. The number of rotatable bonds is 11. The highest BCUT2D eigenvalue weighted by atomic mass is 32.1. The summed E-state index contributed by atoms with van der Waals surface area (Å²) in [5.74, 6) is 0. The van der Waals surface area contributed by atoms with Gasteiger partial charge in [0.25, 0.3) is 0 Å². The molecule has 0 atom stereocenters. The minimum Gasteiger partial charge on any atom is -0.309 e. The Balaban J connectivity index is 0.855. The molecule has 19 rings (SSSR count). The van der Waals surface area contributed by atoms with Crippen molar-refractivity contribution < 1.29 is 0 Å². The molecular weight excluding hydrogens is 1200 g/mol. The van der Waals surface area contributed by atoms with Crippen LogP contribution in [-0.2, 0) is 0 Å². The van der Waals surface area contributed by atoms with Gasteiger partial charge in [-0.2, -0.15) is 0 Å². The molecule has 4 nitrogen and oxygen atoms in total. The Kier molecular flexibility index (Phi) is 12.4. The van der Waals surface area contributed by atoms with Crippen LogP contribution in [0.15, 0.2) is 269 Å². The second kappa shape index (κ2) is 21.3. The van der Waals surface area contributed by atoms with Crippen LogP contribution in [0.2, 0.25) is 0 Å². The quantitative estimate of drug-likeness (QED) is 0.115. The Morgan fingerprint density at radius 2 is 0.688 bits per heavy atom. The molecular formula is C89H61BN4S2. The monoisotopic (exact) mass is 1260 g/mol. The predicted molar refractivity (Wildman–Crippen MR) is 422 cm³/mol. The SMILES string of the molecule is C=Cc1ccc2c(c1)c1cc3c(cc1n2-c1cccc(B(c2cccc(-n4c5ccc(C=C)cc5c5ccc6c7cc(C=C)ccc7n(-c7cccc8c7sc7ccccc78)c6c54)c2)c2c(C)cc(C)cc2C)c1)c1cc(C=C)ccc1n3-c1cccc2c1sc1ccccc12. The van der Waals surface area contributed by atoms with Crippen LogP contribution in [-0.4, -0.2) is 25.0 Å². The zero-order chi connectivity index (χ0) is 64.4. The topological polar surface area (TPSA) is 19.7 Å². The second-order valence-electron chi connectivity index (χ2n) is 25.9. The number of aryl methyl sites for hydroxylation is 3. The second-order valence-corrected chi connectivity index (χ2v) is 28.1. The molecule has 0 bridgehead atoms. The molecule has 0 aliphatic rings. The lowest BCUT2D eigenvalue weighted by molar-refractivity contribution is 1.16. The molecule has 0 N–H and O–H groups in total. The van der Waals surface area contributed by atoms with Crippen LogP contribution in [0.1, 0.15) is 38.9 Å². The average molecular weight is 1260 g/mol. The van der Waals surface area contributed by atoms with Gasteiger partial charge in [0, 0.05) is 85.4 Å². The summed E-state index contributed by atoms with van der Waals surface area (Å²) in [7, 11) is 0. The van der Waals surface area contributed by atoms with Crippen molar-refractivity contribution in [2.24, 2.45) is 0 Å². The first-order chi connectivity index (χ1) is 47.1. The fourth-order valence-electron chi connectivity index (χ4n) is 16.4. The van der Waals surface area contributed by atoms with Gasteiger partial charge in [-0.1, -0.05) is 217 Å². The average Bonchev–Trinajstić information content (AvgIpc) is 1.54. The number of thiophene rings is 2. The van der Waals surface area contributed by atoms with Gasteiger partial charge in [0.15, 0.2) is 0 Å². The van der Waals surface area contributed by atoms with Gasteiger partial charge in [-0.15, -0.1) is 22.7 Å². The number of fused-ring (bicyclic) bond motifs is 19. The molecule has 0 spiro atoms. The highest BCUT2D eigenvalue weighted by Gasteiger charge is 2.30. The molecule has 6 aromatic heterocycles. The lowest BCUT2D eigenvalue weighted by atomic mass is 9.35. The van der Waals surface area contributed by atoms with E-state index in [9.17, 15) is 0 Å². The van der Waals surface area contributed by atoms with Crippen LogP contribution in [0.25, 0.3) is 175 Å². The van der Waals surface area contributed by atoms with Crippen molar-refractivity contribution in [2.45, 2.75) is 20.8 Å². The summed E-state index contributed by atoms with van der Waals surface area (Å²) in [6.07, 6.45) is 7.86. The van der Waals surface area contributed by atoms with Crippen molar-refractivity contribution in [3.63, 3.8) is 0 Å². The van der Waals surface area contributed by atoms with E-state index >= 15 is 0 Å². The molecule has 452 valence electrons. The van der Waals surface area contributed by atoms with Gasteiger partial charge < -0.3 is 18.3 Å². The maximum atomic E-state index is 4.28. The lowest BCUT2D eigenvalue weighted by Gasteiger charge is -2.23. The summed E-state index contributed by atoms with van der Waals surface area (Å²) in [4.78, 5) is 0. The van der Waals surface area contributed by atoms with Crippen molar-refractivity contribution >= 4 is 198 Å². The summed E-state index contributed by atoms with van der Waals surface area (Å²) in [6, 6.07) is 91.7. The number of hydrogen-bond acceptors (Lipinski definition) is 2. The normalized spacial score (nSPS) is 12.1. The molecule has 0 saturated heterocycles. The third-order valence-electron chi connectivity index (χ3n) is 20.5.